The fraction of sp³-hybridized carbons (Fsp3) is 0.538. The molecule has 0 bridgehead atoms. The number of likely N-dealkylation sites (tertiary alicyclic amines) is 1. The Balaban J connectivity index is 1.33. The van der Waals surface area contributed by atoms with E-state index < -0.39 is 0 Å². The Morgan fingerprint density at radius 2 is 1.85 bits per heavy atom. The number of piperazine rings is 1. The molecule has 1 aromatic heterocycles. The van der Waals surface area contributed by atoms with Gasteiger partial charge in [0.15, 0.2) is 11.6 Å². The van der Waals surface area contributed by atoms with Crippen LogP contribution in [-0.4, -0.2) is 77.7 Å². The summed E-state index contributed by atoms with van der Waals surface area (Å²) in [4.78, 5) is 23.6. The predicted molar refractivity (Wildman–Crippen MR) is 132 cm³/mol. The fourth-order valence-corrected chi connectivity index (χ4v) is 5.33. The van der Waals surface area contributed by atoms with Gasteiger partial charge in [-0.1, -0.05) is 29.8 Å². The van der Waals surface area contributed by atoms with Crippen LogP contribution < -0.4 is 10.2 Å². The van der Waals surface area contributed by atoms with Crippen molar-refractivity contribution >= 4 is 11.7 Å². The summed E-state index contributed by atoms with van der Waals surface area (Å²) in [6.07, 6.45) is 3.91. The van der Waals surface area contributed by atoms with Crippen LogP contribution in [0.1, 0.15) is 54.2 Å². The number of hydrogen-bond acceptors (Lipinski definition) is 6. The number of carbonyl (C=O) groups is 1. The molecule has 4 rings (SSSR count). The highest BCUT2D eigenvalue weighted by Crippen LogP contribution is 2.31. The lowest BCUT2D eigenvalue weighted by Gasteiger charge is -2.47. The van der Waals surface area contributed by atoms with Gasteiger partial charge in [0.05, 0.1) is 5.56 Å². The summed E-state index contributed by atoms with van der Waals surface area (Å²) in [5, 5.41) is 13.0. The van der Waals surface area contributed by atoms with Crippen LogP contribution in [0.4, 0.5) is 5.82 Å². The quantitative estimate of drug-likeness (QED) is 0.728. The smallest absolute Gasteiger partial charge is 0.252 e. The average molecular weight is 452 g/mol. The van der Waals surface area contributed by atoms with E-state index >= 15 is 0 Å². The lowest BCUT2D eigenvalue weighted by Crippen LogP contribution is -2.57. The van der Waals surface area contributed by atoms with Crippen molar-refractivity contribution in [2.75, 3.05) is 44.7 Å². The Bertz CT molecular complexity index is 956. The maximum absolute atomic E-state index is 11.8. The van der Waals surface area contributed by atoms with Crippen molar-refractivity contribution in [1.29, 1.82) is 0 Å². The third-order valence-electron chi connectivity index (χ3n) is 7.39. The molecule has 2 aliphatic heterocycles. The average Bonchev–Trinajstić information content (AvgIpc) is 2.83. The van der Waals surface area contributed by atoms with E-state index in [-0.39, 0.29) is 11.7 Å². The Hall–Kier alpha value is -2.64. The van der Waals surface area contributed by atoms with Crippen molar-refractivity contribution in [3.8, 4) is 5.75 Å². The highest BCUT2D eigenvalue weighted by Gasteiger charge is 2.33. The second kappa shape index (κ2) is 10.1. The molecular weight excluding hydrogens is 414 g/mol. The SMILES string of the molecule is CNC(=O)c1cnc(N2CCN(C3CCN(C(C)c4ccc(C)cc4)CC3)C(C)C2)c(O)c1. The summed E-state index contributed by atoms with van der Waals surface area (Å²) < 4.78 is 0. The molecule has 0 radical (unpaired) electrons. The van der Waals surface area contributed by atoms with E-state index in [1.54, 1.807) is 7.05 Å². The normalized spacial score (nSPS) is 21.7. The molecule has 2 saturated heterocycles. The Kier molecular flexibility index (Phi) is 7.20. The second-order valence-corrected chi connectivity index (χ2v) is 9.53. The molecule has 178 valence electrons. The molecule has 0 spiro atoms. The number of aromatic hydroxyl groups is 1. The second-order valence-electron chi connectivity index (χ2n) is 9.53. The number of hydrogen-bond donors (Lipinski definition) is 2. The lowest BCUT2D eigenvalue weighted by atomic mass is 9.97. The van der Waals surface area contributed by atoms with Crippen molar-refractivity contribution in [3.63, 3.8) is 0 Å². The van der Waals surface area contributed by atoms with Crippen molar-refractivity contribution in [1.82, 2.24) is 20.1 Å². The Morgan fingerprint density at radius 3 is 2.45 bits per heavy atom. The molecule has 3 heterocycles. The van der Waals surface area contributed by atoms with Gasteiger partial charge in [0, 0.05) is 64.1 Å². The number of piperidine rings is 1. The zero-order valence-corrected chi connectivity index (χ0v) is 20.3. The number of aryl methyl sites for hydroxylation is 1. The summed E-state index contributed by atoms with van der Waals surface area (Å²) >= 11 is 0. The minimum atomic E-state index is -0.245. The van der Waals surface area contributed by atoms with E-state index in [0.29, 0.717) is 29.5 Å². The summed E-state index contributed by atoms with van der Waals surface area (Å²) in [5.74, 6) is 0.386. The zero-order chi connectivity index (χ0) is 23.5. The molecule has 2 aliphatic rings. The van der Waals surface area contributed by atoms with E-state index in [4.69, 9.17) is 0 Å². The first-order valence-electron chi connectivity index (χ1n) is 12.1. The van der Waals surface area contributed by atoms with Gasteiger partial charge in [0.2, 0.25) is 0 Å². The predicted octanol–water partition coefficient (Wildman–Crippen LogP) is 3.19. The Morgan fingerprint density at radius 1 is 1.15 bits per heavy atom. The summed E-state index contributed by atoms with van der Waals surface area (Å²) in [7, 11) is 1.57. The van der Waals surface area contributed by atoms with E-state index in [1.165, 1.54) is 36.2 Å². The number of benzene rings is 1. The molecule has 0 aliphatic carbocycles. The van der Waals surface area contributed by atoms with E-state index in [2.05, 4.69) is 70.0 Å². The number of amides is 1. The van der Waals surface area contributed by atoms with Gasteiger partial charge >= 0.3 is 0 Å². The van der Waals surface area contributed by atoms with Gasteiger partial charge in [-0.05, 0) is 45.2 Å². The van der Waals surface area contributed by atoms with Crippen molar-refractivity contribution in [2.24, 2.45) is 0 Å². The van der Waals surface area contributed by atoms with Crippen LogP contribution in [0.15, 0.2) is 36.5 Å². The molecule has 2 aromatic rings. The third-order valence-corrected chi connectivity index (χ3v) is 7.39. The first-order valence-corrected chi connectivity index (χ1v) is 12.1. The molecule has 2 fully saturated rings. The van der Waals surface area contributed by atoms with Gasteiger partial charge in [0.25, 0.3) is 5.91 Å². The maximum Gasteiger partial charge on any atom is 0.252 e. The number of rotatable bonds is 5. The summed E-state index contributed by atoms with van der Waals surface area (Å²) in [5.41, 5.74) is 3.08. The molecule has 7 nitrogen and oxygen atoms in total. The van der Waals surface area contributed by atoms with Gasteiger partial charge < -0.3 is 15.3 Å². The number of nitrogens with one attached hydrogen (secondary N) is 1. The largest absolute Gasteiger partial charge is 0.504 e. The number of anilines is 1. The number of carbonyl (C=O) groups excluding carboxylic acids is 1. The first-order chi connectivity index (χ1) is 15.9. The van der Waals surface area contributed by atoms with Crippen LogP contribution in [0.5, 0.6) is 5.75 Å². The third kappa shape index (κ3) is 5.14. The highest BCUT2D eigenvalue weighted by atomic mass is 16.3. The van der Waals surface area contributed by atoms with E-state index in [0.717, 1.165) is 32.7 Å². The first kappa shape index (κ1) is 23.5. The molecule has 0 saturated carbocycles. The molecule has 1 aromatic carbocycles. The van der Waals surface area contributed by atoms with Crippen LogP contribution in [0.3, 0.4) is 0 Å². The number of aromatic nitrogens is 1. The van der Waals surface area contributed by atoms with Crippen LogP contribution in [0.2, 0.25) is 0 Å². The van der Waals surface area contributed by atoms with Gasteiger partial charge in [0.1, 0.15) is 0 Å². The fourth-order valence-electron chi connectivity index (χ4n) is 5.33. The van der Waals surface area contributed by atoms with Gasteiger partial charge in [-0.3, -0.25) is 14.6 Å². The van der Waals surface area contributed by atoms with Gasteiger partial charge in [-0.2, -0.15) is 0 Å². The van der Waals surface area contributed by atoms with Crippen LogP contribution in [0.25, 0.3) is 0 Å². The maximum atomic E-state index is 11.8. The van der Waals surface area contributed by atoms with Gasteiger partial charge in [-0.25, -0.2) is 4.98 Å². The standard InChI is InChI=1S/C26H37N5O2/c1-18-5-7-21(8-6-18)20(3)29-11-9-23(10-12-29)31-14-13-30(17-19(31)2)25-24(32)15-22(16-28-25)26(33)27-4/h5-8,15-16,19-20,23,32H,9-14,17H2,1-4H3,(H,27,33). The topological polar surface area (TPSA) is 71.9 Å². The monoisotopic (exact) mass is 451 g/mol. The molecule has 33 heavy (non-hydrogen) atoms. The molecule has 7 heteroatoms. The summed E-state index contributed by atoms with van der Waals surface area (Å²) in [6, 6.07) is 11.9. The molecule has 1 amide bonds. The number of pyridine rings is 1. The number of nitrogens with zero attached hydrogens (tertiary/aromatic N) is 4. The molecular formula is C26H37N5O2. The van der Waals surface area contributed by atoms with Gasteiger partial charge in [-0.15, -0.1) is 0 Å². The van der Waals surface area contributed by atoms with Crippen molar-refractivity contribution in [3.05, 3.63) is 53.2 Å². The highest BCUT2D eigenvalue weighted by molar-refractivity contribution is 5.94. The van der Waals surface area contributed by atoms with E-state index in [9.17, 15) is 9.90 Å². The van der Waals surface area contributed by atoms with Crippen LogP contribution in [-0.2, 0) is 0 Å². The molecule has 2 unspecified atom stereocenters. The van der Waals surface area contributed by atoms with E-state index in [1.807, 2.05) is 0 Å². The molecule has 2 N–H and O–H groups in total. The minimum Gasteiger partial charge on any atom is -0.504 e. The van der Waals surface area contributed by atoms with Crippen molar-refractivity contribution in [2.45, 2.75) is 51.7 Å². The summed E-state index contributed by atoms with van der Waals surface area (Å²) in [6.45, 7) is 11.6. The van der Waals surface area contributed by atoms with Crippen molar-refractivity contribution < 1.29 is 9.90 Å². The van der Waals surface area contributed by atoms with Crippen LogP contribution in [0, 0.1) is 6.92 Å². The lowest BCUT2D eigenvalue weighted by molar-refractivity contribution is 0.0582. The van der Waals surface area contributed by atoms with Crippen LogP contribution >= 0.6 is 0 Å². The zero-order valence-electron chi connectivity index (χ0n) is 20.3. The minimum absolute atomic E-state index is 0.0650. The Labute approximate surface area is 197 Å². The molecule has 2 atom stereocenters.